The molecule has 1 heterocycles. The van der Waals surface area contributed by atoms with Gasteiger partial charge in [-0.25, -0.2) is 0 Å². The highest BCUT2D eigenvalue weighted by atomic mass is 32.3. The minimum absolute atomic E-state index is 0.401. The quantitative estimate of drug-likeness (QED) is 0.139. The lowest BCUT2D eigenvalue weighted by atomic mass is 9.48. The number of nitrogens with zero attached hydrogens (tertiary/aromatic N) is 1. The first-order valence-corrected chi connectivity index (χ1v) is 27.1. The lowest BCUT2D eigenvalue weighted by Crippen LogP contribution is -2.48. The summed E-state index contributed by atoms with van der Waals surface area (Å²) < 4.78 is 0. The Morgan fingerprint density at radius 1 is 0.343 bits per heavy atom. The van der Waals surface area contributed by atoms with E-state index in [2.05, 4.69) is 248 Å². The number of hydrogen-bond donors (Lipinski definition) is 0. The molecule has 0 radical (unpaired) electrons. The van der Waals surface area contributed by atoms with E-state index in [-0.39, 0.29) is 0 Å². The Morgan fingerprint density at radius 3 is 1.33 bits per heavy atom. The summed E-state index contributed by atoms with van der Waals surface area (Å²) >= 11 is 0. The molecule has 4 bridgehead atoms. The first-order valence-electron chi connectivity index (χ1n) is 25.5. The number of hydrogen-bond acceptors (Lipinski definition) is 1. The van der Waals surface area contributed by atoms with Gasteiger partial charge in [-0.3, -0.25) is 0 Å². The van der Waals surface area contributed by atoms with Gasteiger partial charge < -0.3 is 4.90 Å². The molecule has 5 aliphatic rings. The van der Waals surface area contributed by atoms with E-state index < -0.39 is 10.0 Å². The third-order valence-corrected chi connectivity index (χ3v) is 20.7. The van der Waals surface area contributed by atoms with Gasteiger partial charge in [0.15, 0.2) is 0 Å². The second-order valence-electron chi connectivity index (χ2n) is 20.7. The predicted octanol–water partition coefficient (Wildman–Crippen LogP) is 19.1. The van der Waals surface area contributed by atoms with Gasteiger partial charge in [0.05, 0.1) is 5.69 Å². The molecule has 4 aliphatic carbocycles. The largest absolute Gasteiger partial charge is 0.309 e. The topological polar surface area (TPSA) is 3.24 Å². The maximum absolute atomic E-state index is 2.53. The summed E-state index contributed by atoms with van der Waals surface area (Å²) in [5.74, 6) is 2.82. The minimum Gasteiger partial charge on any atom is -0.309 e. The Labute approximate surface area is 414 Å². The van der Waals surface area contributed by atoms with Gasteiger partial charge in [-0.15, -0.1) is 10.0 Å². The monoisotopic (exact) mass is 917 g/mol. The molecule has 0 aromatic heterocycles. The average Bonchev–Trinajstić information content (AvgIpc) is 3.72. The van der Waals surface area contributed by atoms with E-state index >= 15 is 0 Å². The summed E-state index contributed by atoms with van der Waals surface area (Å²) in [5, 5.41) is 2.52. The van der Waals surface area contributed by atoms with Crippen molar-refractivity contribution in [1.82, 2.24) is 0 Å². The van der Waals surface area contributed by atoms with Crippen molar-refractivity contribution in [3.63, 3.8) is 0 Å². The number of fused-ring (bicyclic) bond motifs is 4. The van der Waals surface area contributed by atoms with Crippen molar-refractivity contribution < 1.29 is 0 Å². The van der Waals surface area contributed by atoms with Crippen LogP contribution in [-0.2, 0) is 5.41 Å². The van der Waals surface area contributed by atoms with Gasteiger partial charge in [-0.2, -0.15) is 0 Å². The fourth-order valence-corrected chi connectivity index (χ4v) is 18.5. The van der Waals surface area contributed by atoms with Crippen molar-refractivity contribution in [2.24, 2.45) is 17.8 Å². The molecule has 0 spiro atoms. The highest BCUT2D eigenvalue weighted by Gasteiger charge is 2.51. The summed E-state index contributed by atoms with van der Waals surface area (Å²) in [7, 11) is -1.95. The lowest BCUT2D eigenvalue weighted by molar-refractivity contribution is -0.00518. The van der Waals surface area contributed by atoms with Crippen LogP contribution >= 0.6 is 10.0 Å². The molecule has 15 rings (SSSR count). The van der Waals surface area contributed by atoms with Gasteiger partial charge in [0.1, 0.15) is 0 Å². The number of anilines is 3. The zero-order chi connectivity index (χ0) is 46.2. The van der Waals surface area contributed by atoms with Crippen LogP contribution in [0.5, 0.6) is 0 Å². The molecule has 10 aromatic carbocycles. The maximum atomic E-state index is 2.53. The van der Waals surface area contributed by atoms with Crippen molar-refractivity contribution in [3.8, 4) is 44.5 Å². The summed E-state index contributed by atoms with van der Waals surface area (Å²) in [6.07, 6.45) is 8.62. The zero-order valence-corrected chi connectivity index (χ0v) is 40.2. The van der Waals surface area contributed by atoms with E-state index in [4.69, 9.17) is 0 Å². The molecule has 10 aromatic rings. The molecule has 70 heavy (non-hydrogen) atoms. The molecular weight excluding hydrogens is 863 g/mol. The van der Waals surface area contributed by atoms with Crippen LogP contribution in [0.1, 0.15) is 44.1 Å². The molecule has 0 saturated heterocycles. The Hall–Kier alpha value is -7.39. The highest BCUT2D eigenvalue weighted by Crippen LogP contribution is 2.81. The number of rotatable bonds is 9. The molecular formula is C68H55NS. The van der Waals surface area contributed by atoms with Crippen LogP contribution in [0.15, 0.2) is 262 Å². The standard InChI is InChI=1S/C68H55NS/c1-3-15-52(16-4-1)59-23-13-17-54-18-14-24-60(67(54)59)53-33-39-57(40-34-53)69(56-37-31-51(32-38-56)50-29-35-55(36-30-50)68-44-47-41-48(45-68)43-49(42-47)46-68)63-25-9-12-28-66(63)70(58-19-5-2-6-20-58)64-26-10-7-21-61(64)62-22-8-11-27-65(62)70/h1-40,47-49H,41-46H2. The zero-order valence-electron chi connectivity index (χ0n) is 39.4. The van der Waals surface area contributed by atoms with Crippen LogP contribution in [0.3, 0.4) is 0 Å². The van der Waals surface area contributed by atoms with Gasteiger partial charge >= 0.3 is 0 Å². The second-order valence-corrected chi connectivity index (χ2v) is 23.7. The molecule has 0 amide bonds. The Balaban J connectivity index is 0.918. The van der Waals surface area contributed by atoms with E-state index in [0.29, 0.717) is 5.41 Å². The van der Waals surface area contributed by atoms with Gasteiger partial charge in [-0.05, 0) is 183 Å². The third kappa shape index (κ3) is 6.60. The molecule has 2 heteroatoms. The Bertz CT molecular complexity index is 3470. The van der Waals surface area contributed by atoms with E-state index in [1.807, 2.05) is 0 Å². The van der Waals surface area contributed by atoms with Crippen molar-refractivity contribution in [3.05, 3.63) is 248 Å². The van der Waals surface area contributed by atoms with Gasteiger partial charge in [-0.1, -0.05) is 182 Å². The van der Waals surface area contributed by atoms with Crippen molar-refractivity contribution in [2.45, 2.75) is 63.5 Å². The molecule has 4 fully saturated rings. The van der Waals surface area contributed by atoms with Crippen LogP contribution in [-0.4, -0.2) is 0 Å². The van der Waals surface area contributed by atoms with Crippen molar-refractivity contribution in [1.29, 1.82) is 0 Å². The van der Waals surface area contributed by atoms with E-state index in [1.54, 1.807) is 5.56 Å². The molecule has 0 atom stereocenters. The number of para-hydroxylation sites is 1. The molecule has 0 N–H and O–H groups in total. The summed E-state index contributed by atoms with van der Waals surface area (Å²) in [4.78, 5) is 7.98. The SMILES string of the molecule is c1ccc(-c2cccc3cccc(-c4ccc(N(c5ccc(-c6ccc(C78CC9CC(CC(C9)C7)C8)cc6)cc5)c5ccccc5S5(c6ccccc6)c6ccccc6-c6ccccc65)cc4)c23)cc1. The Kier molecular flexibility index (Phi) is 9.88. The fraction of sp³-hybridized carbons (Fsp3) is 0.147. The molecule has 4 saturated carbocycles. The van der Waals surface area contributed by atoms with Crippen LogP contribution in [0.2, 0.25) is 0 Å². The van der Waals surface area contributed by atoms with Crippen LogP contribution < -0.4 is 4.90 Å². The summed E-state index contributed by atoms with van der Waals surface area (Å²) in [5.41, 5.74) is 15.5. The molecule has 0 unspecified atom stereocenters. The molecule has 1 aliphatic heterocycles. The average molecular weight is 918 g/mol. The normalized spacial score (nSPS) is 20.7. The van der Waals surface area contributed by atoms with E-state index in [0.717, 1.165) is 29.1 Å². The highest BCUT2D eigenvalue weighted by molar-refractivity contribution is 8.34. The first-order chi connectivity index (χ1) is 34.6. The van der Waals surface area contributed by atoms with Gasteiger partial charge in [0.25, 0.3) is 0 Å². The molecule has 1 nitrogen and oxygen atoms in total. The lowest BCUT2D eigenvalue weighted by Gasteiger charge is -2.57. The van der Waals surface area contributed by atoms with Crippen molar-refractivity contribution >= 4 is 37.9 Å². The second kappa shape index (κ2) is 16.6. The smallest absolute Gasteiger partial charge is 0.0592 e. The maximum Gasteiger partial charge on any atom is 0.0592 e. The van der Waals surface area contributed by atoms with Crippen LogP contribution in [0.25, 0.3) is 55.3 Å². The minimum atomic E-state index is -1.95. The van der Waals surface area contributed by atoms with Crippen molar-refractivity contribution in [2.75, 3.05) is 4.90 Å². The van der Waals surface area contributed by atoms with Crippen LogP contribution in [0.4, 0.5) is 17.1 Å². The summed E-state index contributed by atoms with van der Waals surface area (Å²) in [6, 6.07) is 91.7. The van der Waals surface area contributed by atoms with Crippen LogP contribution in [0, 0.1) is 17.8 Å². The van der Waals surface area contributed by atoms with E-state index in [9.17, 15) is 0 Å². The first kappa shape index (κ1) is 41.6. The molecule has 338 valence electrons. The Morgan fingerprint density at radius 2 is 0.771 bits per heavy atom. The summed E-state index contributed by atoms with van der Waals surface area (Å²) in [6.45, 7) is 0. The van der Waals surface area contributed by atoms with Gasteiger partial charge in [0, 0.05) is 31.0 Å². The van der Waals surface area contributed by atoms with E-state index in [1.165, 1.54) is 119 Å². The fourth-order valence-electron chi connectivity index (χ4n) is 14.1. The third-order valence-electron chi connectivity index (χ3n) is 16.7. The van der Waals surface area contributed by atoms with Gasteiger partial charge in [0.2, 0.25) is 0 Å². The predicted molar refractivity (Wildman–Crippen MR) is 294 cm³/mol. The number of benzene rings is 10.